The minimum Gasteiger partial charge on any atom is -0.507 e. The highest BCUT2D eigenvalue weighted by molar-refractivity contribution is 5.97. The molecule has 2 rings (SSSR count). The molecular weight excluding hydrogens is 266 g/mol. The number of benzene rings is 2. The van der Waals surface area contributed by atoms with Crippen molar-refractivity contribution < 1.29 is 15.0 Å². The van der Waals surface area contributed by atoms with Crippen molar-refractivity contribution in [2.45, 2.75) is 12.8 Å². The lowest BCUT2D eigenvalue weighted by molar-refractivity contribution is 0.0948. The van der Waals surface area contributed by atoms with Gasteiger partial charge in [0, 0.05) is 13.2 Å². The standard InChI is InChI=1S/C17H19NO3/c19-10-4-9-18-17(21)15-12-14(7-8-16(15)20)11-13-5-2-1-3-6-13/h1-3,5-8,12,19-20H,4,9-11H2,(H,18,21). The third kappa shape index (κ3) is 4.33. The Labute approximate surface area is 124 Å². The van der Waals surface area contributed by atoms with Gasteiger partial charge in [-0.1, -0.05) is 36.4 Å². The molecule has 21 heavy (non-hydrogen) atoms. The van der Waals surface area contributed by atoms with E-state index >= 15 is 0 Å². The molecular formula is C17H19NO3. The van der Waals surface area contributed by atoms with E-state index in [0.717, 1.165) is 11.1 Å². The molecule has 1 amide bonds. The number of rotatable bonds is 6. The van der Waals surface area contributed by atoms with Crippen LogP contribution in [0.5, 0.6) is 5.75 Å². The van der Waals surface area contributed by atoms with Gasteiger partial charge < -0.3 is 15.5 Å². The Morgan fingerprint density at radius 2 is 1.81 bits per heavy atom. The molecule has 0 spiro atoms. The number of hydrogen-bond acceptors (Lipinski definition) is 3. The van der Waals surface area contributed by atoms with Crippen LogP contribution < -0.4 is 5.32 Å². The van der Waals surface area contributed by atoms with Gasteiger partial charge in [0.1, 0.15) is 5.75 Å². The van der Waals surface area contributed by atoms with Gasteiger partial charge in [0.15, 0.2) is 0 Å². The zero-order chi connectivity index (χ0) is 15.1. The minimum absolute atomic E-state index is 0.0281. The second-order valence-electron chi connectivity index (χ2n) is 4.85. The molecule has 0 aliphatic heterocycles. The van der Waals surface area contributed by atoms with Crippen LogP contribution in [-0.4, -0.2) is 29.3 Å². The van der Waals surface area contributed by atoms with Crippen LogP contribution in [0.15, 0.2) is 48.5 Å². The van der Waals surface area contributed by atoms with Gasteiger partial charge in [-0.2, -0.15) is 0 Å². The second kappa shape index (κ2) is 7.45. The van der Waals surface area contributed by atoms with Crippen molar-refractivity contribution in [2.75, 3.05) is 13.2 Å². The number of amides is 1. The maximum Gasteiger partial charge on any atom is 0.255 e. The summed E-state index contributed by atoms with van der Waals surface area (Å²) >= 11 is 0. The fourth-order valence-electron chi connectivity index (χ4n) is 2.08. The number of aliphatic hydroxyl groups excluding tert-OH is 1. The lowest BCUT2D eigenvalue weighted by Crippen LogP contribution is -2.25. The van der Waals surface area contributed by atoms with Crippen molar-refractivity contribution in [1.29, 1.82) is 0 Å². The molecule has 3 N–H and O–H groups in total. The van der Waals surface area contributed by atoms with E-state index in [1.807, 2.05) is 36.4 Å². The van der Waals surface area contributed by atoms with Crippen molar-refractivity contribution >= 4 is 5.91 Å². The number of nitrogens with one attached hydrogen (secondary N) is 1. The van der Waals surface area contributed by atoms with Gasteiger partial charge in [-0.25, -0.2) is 0 Å². The predicted molar refractivity (Wildman–Crippen MR) is 81.4 cm³/mol. The van der Waals surface area contributed by atoms with E-state index < -0.39 is 0 Å². The van der Waals surface area contributed by atoms with Crippen LogP contribution >= 0.6 is 0 Å². The molecule has 0 aliphatic carbocycles. The Morgan fingerprint density at radius 3 is 2.52 bits per heavy atom. The third-order valence-electron chi connectivity index (χ3n) is 3.18. The summed E-state index contributed by atoms with van der Waals surface area (Å²) < 4.78 is 0. The van der Waals surface area contributed by atoms with Crippen molar-refractivity contribution in [3.8, 4) is 5.75 Å². The monoisotopic (exact) mass is 285 g/mol. The highest BCUT2D eigenvalue weighted by Gasteiger charge is 2.11. The van der Waals surface area contributed by atoms with E-state index in [2.05, 4.69) is 5.32 Å². The van der Waals surface area contributed by atoms with E-state index in [1.165, 1.54) is 0 Å². The summed E-state index contributed by atoms with van der Waals surface area (Å²) in [4.78, 5) is 12.0. The van der Waals surface area contributed by atoms with Crippen molar-refractivity contribution in [1.82, 2.24) is 5.32 Å². The van der Waals surface area contributed by atoms with Gasteiger partial charge in [-0.05, 0) is 36.1 Å². The Kier molecular flexibility index (Phi) is 5.35. The normalized spacial score (nSPS) is 10.3. The first kappa shape index (κ1) is 15.1. The molecule has 0 fully saturated rings. The third-order valence-corrected chi connectivity index (χ3v) is 3.18. The first-order valence-corrected chi connectivity index (χ1v) is 6.95. The average Bonchev–Trinajstić information content (AvgIpc) is 2.50. The van der Waals surface area contributed by atoms with E-state index in [0.29, 0.717) is 19.4 Å². The van der Waals surface area contributed by atoms with E-state index in [9.17, 15) is 9.90 Å². The van der Waals surface area contributed by atoms with Gasteiger partial charge in [0.05, 0.1) is 5.56 Å². The molecule has 0 atom stereocenters. The minimum atomic E-state index is -0.323. The zero-order valence-corrected chi connectivity index (χ0v) is 11.7. The molecule has 110 valence electrons. The summed E-state index contributed by atoms with van der Waals surface area (Å²) in [5, 5.41) is 21.2. The lowest BCUT2D eigenvalue weighted by Gasteiger charge is -2.09. The maximum absolute atomic E-state index is 12.0. The molecule has 0 saturated carbocycles. The van der Waals surface area contributed by atoms with E-state index in [4.69, 9.17) is 5.11 Å². The van der Waals surface area contributed by atoms with Gasteiger partial charge in [-0.3, -0.25) is 4.79 Å². The van der Waals surface area contributed by atoms with Crippen LogP contribution in [0.4, 0.5) is 0 Å². The second-order valence-corrected chi connectivity index (χ2v) is 4.85. The lowest BCUT2D eigenvalue weighted by atomic mass is 10.0. The van der Waals surface area contributed by atoms with Gasteiger partial charge in [0.2, 0.25) is 0 Å². The molecule has 0 aliphatic rings. The summed E-state index contributed by atoms with van der Waals surface area (Å²) in [5.74, 6) is -0.357. The molecule has 4 heteroatoms. The molecule has 4 nitrogen and oxygen atoms in total. The Balaban J connectivity index is 2.11. The number of carbonyl (C=O) groups excluding carboxylic acids is 1. The predicted octanol–water partition coefficient (Wildman–Crippen LogP) is 2.10. The van der Waals surface area contributed by atoms with Crippen LogP contribution in [0, 0.1) is 0 Å². The van der Waals surface area contributed by atoms with Crippen LogP contribution in [0.1, 0.15) is 27.9 Å². The molecule has 2 aromatic carbocycles. The number of aromatic hydroxyl groups is 1. The van der Waals surface area contributed by atoms with Crippen LogP contribution in [0.2, 0.25) is 0 Å². The van der Waals surface area contributed by atoms with Gasteiger partial charge in [-0.15, -0.1) is 0 Å². The smallest absolute Gasteiger partial charge is 0.255 e. The molecule has 0 saturated heterocycles. The van der Waals surface area contributed by atoms with Crippen molar-refractivity contribution in [3.63, 3.8) is 0 Å². The fraction of sp³-hybridized carbons (Fsp3) is 0.235. The summed E-state index contributed by atoms with van der Waals surface area (Å²) in [6, 6.07) is 15.0. The first-order chi connectivity index (χ1) is 10.2. The van der Waals surface area contributed by atoms with Crippen LogP contribution in [0.3, 0.4) is 0 Å². The molecule has 0 radical (unpaired) electrons. The summed E-state index contributed by atoms with van der Waals surface area (Å²) in [7, 11) is 0. The van der Waals surface area contributed by atoms with Crippen molar-refractivity contribution in [3.05, 3.63) is 65.2 Å². The number of carbonyl (C=O) groups is 1. The number of phenolic OH excluding ortho intramolecular Hbond substituents is 1. The number of phenols is 1. The largest absolute Gasteiger partial charge is 0.507 e. The Hall–Kier alpha value is -2.33. The van der Waals surface area contributed by atoms with Crippen LogP contribution in [-0.2, 0) is 6.42 Å². The van der Waals surface area contributed by atoms with Gasteiger partial charge in [0.25, 0.3) is 5.91 Å². The quantitative estimate of drug-likeness (QED) is 0.712. The topological polar surface area (TPSA) is 69.6 Å². The molecule has 0 aromatic heterocycles. The number of aliphatic hydroxyl groups is 1. The molecule has 2 aromatic rings. The summed E-state index contributed by atoms with van der Waals surface area (Å²) in [6.07, 6.45) is 1.20. The highest BCUT2D eigenvalue weighted by atomic mass is 16.3. The molecule has 0 unspecified atom stereocenters. The zero-order valence-electron chi connectivity index (χ0n) is 11.7. The first-order valence-electron chi connectivity index (χ1n) is 6.95. The highest BCUT2D eigenvalue weighted by Crippen LogP contribution is 2.20. The van der Waals surface area contributed by atoms with Gasteiger partial charge >= 0.3 is 0 Å². The fourth-order valence-corrected chi connectivity index (χ4v) is 2.08. The number of hydrogen-bond donors (Lipinski definition) is 3. The SMILES string of the molecule is O=C(NCCCO)c1cc(Cc2ccccc2)ccc1O. The maximum atomic E-state index is 12.0. The van der Waals surface area contributed by atoms with Crippen molar-refractivity contribution in [2.24, 2.45) is 0 Å². The van der Waals surface area contributed by atoms with E-state index in [1.54, 1.807) is 12.1 Å². The molecule has 0 heterocycles. The average molecular weight is 285 g/mol. The summed E-state index contributed by atoms with van der Waals surface area (Å²) in [6.45, 7) is 0.415. The summed E-state index contributed by atoms with van der Waals surface area (Å²) in [5.41, 5.74) is 2.38. The molecule has 0 bridgehead atoms. The Bertz CT molecular complexity index is 596. The van der Waals surface area contributed by atoms with E-state index in [-0.39, 0.29) is 23.8 Å². The Morgan fingerprint density at radius 1 is 1.05 bits per heavy atom. The van der Waals surface area contributed by atoms with Crippen LogP contribution in [0.25, 0.3) is 0 Å².